The molecule has 8 rings (SSSR count). The predicted octanol–water partition coefficient (Wildman–Crippen LogP) is 6.40. The minimum Gasteiger partial charge on any atom is -0.508 e. The third kappa shape index (κ3) is 6.97. The van der Waals surface area contributed by atoms with E-state index in [1.807, 2.05) is 52.5 Å². The Morgan fingerprint density at radius 1 is 0.943 bits per heavy atom. The molecule has 2 saturated heterocycles. The number of nitrogens with zero attached hydrogens (tertiary/aromatic N) is 6. The zero-order chi connectivity index (χ0) is 36.6. The Balaban J connectivity index is 1.16. The number of hydrogen-bond acceptors (Lipinski definition) is 7. The molecule has 274 valence electrons. The average molecular weight is 735 g/mol. The molecule has 11 nitrogen and oxygen atoms in total. The smallest absolute Gasteiger partial charge is 0.264 e. The van der Waals surface area contributed by atoms with Crippen molar-refractivity contribution in [2.45, 2.75) is 38.4 Å². The number of aromatic nitrogens is 3. The Kier molecular flexibility index (Phi) is 9.82. The van der Waals surface area contributed by atoms with Gasteiger partial charge in [0.1, 0.15) is 5.75 Å². The van der Waals surface area contributed by atoms with E-state index in [1.165, 1.54) is 5.56 Å². The number of aromatic hydroxyl groups is 1. The Labute approximate surface area is 313 Å². The highest BCUT2D eigenvalue weighted by Gasteiger charge is 2.34. The van der Waals surface area contributed by atoms with Gasteiger partial charge in [-0.2, -0.15) is 5.10 Å². The van der Waals surface area contributed by atoms with Crippen LogP contribution in [0.25, 0.3) is 11.3 Å². The number of carbonyl (C=O) groups is 2. The Hall–Kier alpha value is -4.94. The van der Waals surface area contributed by atoms with E-state index in [0.29, 0.717) is 71.8 Å². The quantitative estimate of drug-likeness (QED) is 0.197. The molecule has 3 aliphatic heterocycles. The fourth-order valence-corrected chi connectivity index (χ4v) is 7.97. The molecule has 2 atom stereocenters. The number of halogens is 1. The van der Waals surface area contributed by atoms with Gasteiger partial charge in [0, 0.05) is 85.3 Å². The molecule has 5 heterocycles. The Bertz CT molecular complexity index is 2130. The van der Waals surface area contributed by atoms with E-state index in [0.717, 1.165) is 43.7 Å². The van der Waals surface area contributed by atoms with E-state index < -0.39 is 0 Å². The molecule has 1 unspecified atom stereocenters. The van der Waals surface area contributed by atoms with Crippen LogP contribution in [-0.4, -0.2) is 93.2 Å². The number of ether oxygens (including phenoxy) is 2. The number of benzene rings is 3. The number of amides is 2. The third-order valence-electron chi connectivity index (χ3n) is 10.9. The highest BCUT2D eigenvalue weighted by Crippen LogP contribution is 2.36. The van der Waals surface area contributed by atoms with Crippen molar-refractivity contribution in [1.82, 2.24) is 24.1 Å². The third-order valence-corrected chi connectivity index (χ3v) is 11.1. The van der Waals surface area contributed by atoms with Crippen LogP contribution in [0.2, 0.25) is 5.02 Å². The number of rotatable bonds is 8. The molecule has 1 N–H and O–H groups in total. The van der Waals surface area contributed by atoms with Crippen LogP contribution in [-0.2, 0) is 29.5 Å². The van der Waals surface area contributed by atoms with Gasteiger partial charge in [-0.25, -0.2) is 0 Å². The molecule has 0 spiro atoms. The molecule has 5 aromatic rings. The van der Waals surface area contributed by atoms with Crippen molar-refractivity contribution in [3.8, 4) is 17.0 Å². The lowest BCUT2D eigenvalue weighted by Crippen LogP contribution is -2.52. The molecule has 2 amide bonds. The van der Waals surface area contributed by atoms with Crippen molar-refractivity contribution in [3.05, 3.63) is 118 Å². The Morgan fingerprint density at radius 2 is 1.72 bits per heavy atom. The van der Waals surface area contributed by atoms with Gasteiger partial charge in [-0.05, 0) is 79.4 Å². The van der Waals surface area contributed by atoms with Gasteiger partial charge < -0.3 is 24.0 Å². The van der Waals surface area contributed by atoms with Gasteiger partial charge in [-0.1, -0.05) is 35.9 Å². The minimum atomic E-state index is -0.273. The second kappa shape index (κ2) is 14.8. The van der Waals surface area contributed by atoms with Crippen molar-refractivity contribution < 1.29 is 24.2 Å². The number of carbonyl (C=O) groups excluding carboxylic acids is 2. The van der Waals surface area contributed by atoms with Crippen molar-refractivity contribution in [1.29, 1.82) is 0 Å². The lowest BCUT2D eigenvalue weighted by Gasteiger charge is -2.40. The zero-order valence-corrected chi connectivity index (χ0v) is 30.7. The van der Waals surface area contributed by atoms with Gasteiger partial charge in [0.2, 0.25) is 0 Å². The maximum atomic E-state index is 14.8. The molecule has 0 aliphatic carbocycles. The van der Waals surface area contributed by atoms with Crippen molar-refractivity contribution >= 4 is 34.8 Å². The summed E-state index contributed by atoms with van der Waals surface area (Å²) in [5, 5.41) is 15.2. The topological polar surface area (TPSA) is 105 Å². The minimum absolute atomic E-state index is 0.0260. The molecule has 3 aliphatic rings. The lowest BCUT2D eigenvalue weighted by atomic mass is 9.92. The van der Waals surface area contributed by atoms with E-state index in [2.05, 4.69) is 28.2 Å². The first-order valence-electron chi connectivity index (χ1n) is 18.1. The van der Waals surface area contributed by atoms with Gasteiger partial charge in [0.15, 0.2) is 0 Å². The van der Waals surface area contributed by atoms with Crippen LogP contribution >= 0.6 is 11.6 Å². The number of phenolic OH excluding ortho intramolecular Hbond substituents is 1. The summed E-state index contributed by atoms with van der Waals surface area (Å²) >= 11 is 6.66. The van der Waals surface area contributed by atoms with E-state index in [4.69, 9.17) is 21.1 Å². The van der Waals surface area contributed by atoms with Crippen LogP contribution in [0.1, 0.15) is 50.0 Å². The fraction of sp³-hybridized carbons (Fsp3) is 0.341. The molecular weight excluding hydrogens is 692 g/mol. The van der Waals surface area contributed by atoms with Crippen LogP contribution in [0.5, 0.6) is 5.75 Å². The molecule has 2 fully saturated rings. The largest absolute Gasteiger partial charge is 0.508 e. The molecule has 0 radical (unpaired) electrons. The number of anilines is 2. The second-order valence-electron chi connectivity index (χ2n) is 14.1. The van der Waals surface area contributed by atoms with E-state index in [9.17, 15) is 14.7 Å². The van der Waals surface area contributed by atoms with E-state index in [-0.39, 0.29) is 29.6 Å². The summed E-state index contributed by atoms with van der Waals surface area (Å²) in [6.07, 6.45) is 5.15. The van der Waals surface area contributed by atoms with Gasteiger partial charge in [0.05, 0.1) is 43.3 Å². The van der Waals surface area contributed by atoms with Crippen molar-refractivity contribution in [3.63, 3.8) is 0 Å². The zero-order valence-electron chi connectivity index (χ0n) is 30.0. The van der Waals surface area contributed by atoms with Crippen LogP contribution in [0.3, 0.4) is 0 Å². The monoisotopic (exact) mass is 734 g/mol. The van der Waals surface area contributed by atoms with Gasteiger partial charge >= 0.3 is 0 Å². The van der Waals surface area contributed by atoms with Crippen molar-refractivity contribution in [2.24, 2.45) is 7.05 Å². The maximum Gasteiger partial charge on any atom is 0.264 e. The molecule has 12 heteroatoms. The van der Waals surface area contributed by atoms with Crippen LogP contribution in [0.15, 0.2) is 85.2 Å². The number of phenols is 1. The summed E-state index contributed by atoms with van der Waals surface area (Å²) in [5.41, 5.74) is 6.65. The number of fused-ring (bicyclic) bond motifs is 1. The molecule has 0 saturated carbocycles. The number of morpholine rings is 1. The van der Waals surface area contributed by atoms with Gasteiger partial charge in [-0.15, -0.1) is 0 Å². The van der Waals surface area contributed by atoms with Crippen LogP contribution < -0.4 is 4.90 Å². The standard InChI is InChI=1S/C41H43ClN6O5/c1-27-37(41(51)48(31-8-10-35(49)11-9-31)34-22-43-47(25-34)32-13-16-53-26-32)21-39(44(27)2)38-20-30(42)7-12-36(38)40(50)46-23-29-6-4-3-5-28(29)19-33(46)24-45-14-17-52-18-15-45/h3-12,20-22,25,32-33,49H,13-19,23-24,26H2,1-2H3/t32?,33-/m0/s1. The normalized spacial score (nSPS) is 19.0. The first kappa shape index (κ1) is 35.1. The number of hydrogen-bond donors (Lipinski definition) is 1. The molecule has 53 heavy (non-hydrogen) atoms. The highest BCUT2D eigenvalue weighted by molar-refractivity contribution is 6.31. The van der Waals surface area contributed by atoms with Crippen molar-refractivity contribution in [2.75, 3.05) is 51.0 Å². The first-order chi connectivity index (χ1) is 25.7. The molecule has 3 aromatic carbocycles. The summed E-state index contributed by atoms with van der Waals surface area (Å²) in [7, 11) is 1.90. The summed E-state index contributed by atoms with van der Waals surface area (Å²) in [6, 6.07) is 22.2. The molecular formula is C41H43ClN6O5. The summed E-state index contributed by atoms with van der Waals surface area (Å²) < 4.78 is 15.0. The van der Waals surface area contributed by atoms with E-state index >= 15 is 0 Å². The summed E-state index contributed by atoms with van der Waals surface area (Å²) in [4.78, 5) is 35.6. The average Bonchev–Trinajstić information content (AvgIpc) is 3.94. The first-order valence-corrected chi connectivity index (χ1v) is 18.5. The fourth-order valence-electron chi connectivity index (χ4n) is 7.79. The van der Waals surface area contributed by atoms with Crippen LogP contribution in [0, 0.1) is 6.92 Å². The molecule has 0 bridgehead atoms. The summed E-state index contributed by atoms with van der Waals surface area (Å²) in [6.45, 7) is 7.44. The predicted molar refractivity (Wildman–Crippen MR) is 203 cm³/mol. The van der Waals surface area contributed by atoms with Gasteiger partial charge in [0.25, 0.3) is 11.8 Å². The molecule has 2 aromatic heterocycles. The Morgan fingerprint density at radius 3 is 2.47 bits per heavy atom. The lowest BCUT2D eigenvalue weighted by molar-refractivity contribution is 0.0193. The summed E-state index contributed by atoms with van der Waals surface area (Å²) in [5.74, 6) is -0.253. The van der Waals surface area contributed by atoms with Crippen LogP contribution in [0.4, 0.5) is 11.4 Å². The highest BCUT2D eigenvalue weighted by atomic mass is 35.5. The van der Waals surface area contributed by atoms with E-state index in [1.54, 1.807) is 47.5 Å². The SMILES string of the molecule is Cc1c(C(=O)N(c2ccc(O)cc2)c2cnn(C3CCOC3)c2)cc(-c2cc(Cl)ccc2C(=O)N2Cc3ccccc3C[C@H]2CN2CCOCC2)n1C. The maximum absolute atomic E-state index is 14.8. The second-order valence-corrected chi connectivity index (χ2v) is 14.5. The van der Waals surface area contributed by atoms with Gasteiger partial charge in [-0.3, -0.25) is 24.1 Å².